The predicted octanol–water partition coefficient (Wildman–Crippen LogP) is -1.02. The second kappa shape index (κ2) is 4.27. The van der Waals surface area contributed by atoms with Crippen molar-refractivity contribution >= 4 is 12.1 Å². The summed E-state index contributed by atoms with van der Waals surface area (Å²) in [6, 6.07) is 0. The van der Waals surface area contributed by atoms with E-state index in [1.807, 2.05) is 0 Å². The van der Waals surface area contributed by atoms with Crippen LogP contribution in [0.1, 0.15) is 18.2 Å². The van der Waals surface area contributed by atoms with Crippen LogP contribution >= 0.6 is 0 Å². The molecule has 0 bridgehead atoms. The minimum Gasteiger partial charge on any atom is -0.390 e. The van der Waals surface area contributed by atoms with Crippen LogP contribution in [0.2, 0.25) is 0 Å². The Labute approximate surface area is 96.8 Å². The van der Waals surface area contributed by atoms with Crippen molar-refractivity contribution in [3.63, 3.8) is 0 Å². The van der Waals surface area contributed by atoms with Crippen LogP contribution in [-0.4, -0.2) is 33.2 Å². The summed E-state index contributed by atoms with van der Waals surface area (Å²) in [5.74, 6) is 0.164. The summed E-state index contributed by atoms with van der Waals surface area (Å²) in [5.41, 5.74) is 5.58. The highest BCUT2D eigenvalue weighted by Crippen LogP contribution is 2.26. The minimum absolute atomic E-state index is 0.164. The van der Waals surface area contributed by atoms with Gasteiger partial charge in [0, 0.05) is 18.2 Å². The number of hydrogen-bond acceptors (Lipinski definition) is 6. The van der Waals surface area contributed by atoms with Crippen LogP contribution in [0, 0.1) is 6.92 Å². The van der Waals surface area contributed by atoms with E-state index in [0.717, 1.165) is 0 Å². The summed E-state index contributed by atoms with van der Waals surface area (Å²) < 4.78 is 6.48. The standard InChI is InChI=1S/C10H13N3O4/c1-5-3-13(10(16)12-9(5)11)8-2-6(15)7(4-14)17-8/h3-4,6-8,15H,2H2,1H3,(H2,11,12,16)/t6?,7-,8-/m1/s1/i10+1,12+1,13+1. The third-order valence-corrected chi connectivity index (χ3v) is 2.75. The van der Waals surface area contributed by atoms with E-state index in [0.29, 0.717) is 11.8 Å². The highest BCUT2D eigenvalue weighted by atomic mass is 16.6. The number of anilines is 1. The average molecular weight is 242 g/mol. The van der Waals surface area contributed by atoms with Gasteiger partial charge in [-0.3, -0.25) is 4.57 Å². The number of ether oxygens (including phenoxy) is 1. The van der Waals surface area contributed by atoms with E-state index >= 15 is 0 Å². The maximum atomic E-state index is 11.6. The van der Waals surface area contributed by atoms with E-state index in [4.69, 9.17) is 10.5 Å². The lowest BCUT2D eigenvalue weighted by molar-refractivity contribution is -0.122. The van der Waals surface area contributed by atoms with Crippen molar-refractivity contribution in [1.29, 1.82) is 0 Å². The second-order valence-corrected chi connectivity index (χ2v) is 3.99. The van der Waals surface area contributed by atoms with Gasteiger partial charge in [-0.2, -0.15) is 4.98 Å². The molecule has 0 aliphatic carbocycles. The topological polar surface area (TPSA) is 107 Å². The lowest BCUT2D eigenvalue weighted by atomic mass is 10.2. The van der Waals surface area contributed by atoms with Crippen LogP contribution in [0.15, 0.2) is 11.0 Å². The number of aliphatic hydroxyl groups excluding tert-OH is 1. The van der Waals surface area contributed by atoms with E-state index in [-0.39, 0.29) is 12.2 Å². The van der Waals surface area contributed by atoms with Crippen LogP contribution in [0.4, 0.5) is 5.82 Å². The number of nitrogens with zero attached hydrogens (tertiary/aromatic N) is 2. The highest BCUT2D eigenvalue weighted by molar-refractivity contribution is 5.57. The van der Waals surface area contributed by atoms with Gasteiger partial charge in [-0.1, -0.05) is 0 Å². The molecule has 1 aromatic rings. The van der Waals surface area contributed by atoms with Gasteiger partial charge in [0.25, 0.3) is 0 Å². The summed E-state index contributed by atoms with van der Waals surface area (Å²) in [6.45, 7) is 1.71. The van der Waals surface area contributed by atoms with E-state index < -0.39 is 24.1 Å². The van der Waals surface area contributed by atoms with Gasteiger partial charge >= 0.3 is 5.69 Å². The van der Waals surface area contributed by atoms with Gasteiger partial charge in [-0.15, -0.1) is 0 Å². The zero-order chi connectivity index (χ0) is 12.6. The first-order chi connectivity index (χ1) is 8.02. The number of rotatable bonds is 2. The molecule has 1 aromatic heterocycles. The smallest absolute Gasteiger partial charge is 0.351 e. The summed E-state index contributed by atoms with van der Waals surface area (Å²) in [4.78, 5) is 25.8. The number of carbonyl (C=O) groups excluding carboxylic acids is 1. The molecule has 0 radical (unpaired) electrons. The molecule has 2 heterocycles. The largest absolute Gasteiger partial charge is 0.390 e. The number of aliphatic hydroxyl groups is 1. The van der Waals surface area contributed by atoms with Crippen LogP contribution in [-0.2, 0) is 9.53 Å². The first-order valence-electron chi connectivity index (χ1n) is 5.17. The SMILES string of the molecule is Cc1c[15n]([C@H]2CC(O)[C@@H](C=O)O2)[13c](=O)[15n]c1N. The molecule has 17 heavy (non-hydrogen) atoms. The molecule has 0 spiro atoms. The number of hydrogen-bond donors (Lipinski definition) is 2. The van der Waals surface area contributed by atoms with Gasteiger partial charge in [0.05, 0.1) is 6.10 Å². The third kappa shape index (κ3) is 2.06. The van der Waals surface area contributed by atoms with E-state index in [9.17, 15) is 14.7 Å². The van der Waals surface area contributed by atoms with Crippen molar-refractivity contribution < 1.29 is 14.6 Å². The summed E-state index contributed by atoms with van der Waals surface area (Å²) in [7, 11) is 0. The van der Waals surface area contributed by atoms with Gasteiger partial charge in [0.1, 0.15) is 18.1 Å². The minimum atomic E-state index is -0.901. The van der Waals surface area contributed by atoms with E-state index in [2.05, 4.69) is 4.98 Å². The average Bonchev–Trinajstić information content (AvgIpc) is 2.65. The quantitative estimate of drug-likeness (QED) is 0.643. The highest BCUT2D eigenvalue weighted by Gasteiger charge is 2.35. The molecule has 1 unspecified atom stereocenters. The molecule has 1 saturated heterocycles. The lowest BCUT2D eigenvalue weighted by Gasteiger charge is -2.14. The fourth-order valence-electron chi connectivity index (χ4n) is 1.76. The van der Waals surface area contributed by atoms with Gasteiger partial charge in [0.2, 0.25) is 0 Å². The molecule has 1 aliphatic rings. The summed E-state index contributed by atoms with van der Waals surface area (Å²) in [5, 5.41) is 9.52. The van der Waals surface area contributed by atoms with Gasteiger partial charge < -0.3 is 20.4 Å². The zero-order valence-electron chi connectivity index (χ0n) is 9.24. The first-order valence-corrected chi connectivity index (χ1v) is 5.17. The predicted molar refractivity (Wildman–Crippen MR) is 58.2 cm³/mol. The van der Waals surface area contributed by atoms with Crippen LogP contribution < -0.4 is 11.4 Å². The Morgan fingerprint density at radius 2 is 2.41 bits per heavy atom. The van der Waals surface area contributed by atoms with Crippen molar-refractivity contribution in [1.82, 2.24) is 9.55 Å². The van der Waals surface area contributed by atoms with E-state index in [1.54, 1.807) is 6.92 Å². The van der Waals surface area contributed by atoms with Gasteiger partial charge in [0.15, 0.2) is 6.29 Å². The Hall–Kier alpha value is -1.73. The maximum Gasteiger partial charge on any atom is 0.351 e. The molecule has 1 aliphatic heterocycles. The third-order valence-electron chi connectivity index (χ3n) is 2.75. The number of nitrogens with two attached hydrogens (primary N) is 1. The molecule has 3 N–H and O–H groups in total. The van der Waals surface area contributed by atoms with Gasteiger partial charge in [-0.05, 0) is 6.92 Å². The molecule has 3 atom stereocenters. The van der Waals surface area contributed by atoms with Crippen molar-refractivity contribution in [2.75, 3.05) is 5.73 Å². The molecule has 1 fully saturated rings. The number of aryl methyl sites for hydroxylation is 1. The lowest BCUT2D eigenvalue weighted by Crippen LogP contribution is -2.28. The van der Waals surface area contributed by atoms with Crippen LogP contribution in [0.3, 0.4) is 0 Å². The Bertz CT molecular complexity index is 499. The second-order valence-electron chi connectivity index (χ2n) is 3.99. The molecule has 7 nitrogen and oxygen atoms in total. The number of nitrogen functional groups attached to an aromatic ring is 1. The normalized spacial score (nSPS) is 28.2. The Kier molecular flexibility index (Phi) is 2.95. The zero-order valence-corrected chi connectivity index (χ0v) is 9.24. The fourth-order valence-corrected chi connectivity index (χ4v) is 1.76. The first kappa shape index (κ1) is 11.7. The van der Waals surface area contributed by atoms with Crippen LogP contribution in [0.5, 0.6) is 0 Å². The van der Waals surface area contributed by atoms with Crippen molar-refractivity contribution in [2.45, 2.75) is 31.8 Å². The molecule has 0 saturated carbocycles. The molecular weight excluding hydrogens is 229 g/mol. The van der Waals surface area contributed by atoms with Crippen molar-refractivity contribution in [3.8, 4) is 0 Å². The molecule has 7 heteroatoms. The summed E-state index contributed by atoms with van der Waals surface area (Å²) in [6.07, 6.45) is -0.275. The Morgan fingerprint density at radius 3 is 3.00 bits per heavy atom. The number of carbonyl (C=O) groups is 1. The molecule has 2 rings (SSSR count). The number of aromatic nitrogens is 2. The summed E-state index contributed by atoms with van der Waals surface area (Å²) >= 11 is 0. The monoisotopic (exact) mass is 242 g/mol. The molecule has 92 valence electrons. The molecular formula is C10H13N3O4. The van der Waals surface area contributed by atoms with Gasteiger partial charge in [-0.25, -0.2) is 4.79 Å². The van der Waals surface area contributed by atoms with E-state index in [1.165, 1.54) is 10.8 Å². The van der Waals surface area contributed by atoms with Crippen LogP contribution in [0.25, 0.3) is 0 Å². The molecule has 0 aromatic carbocycles. The maximum absolute atomic E-state index is 11.6. The van der Waals surface area contributed by atoms with Crippen molar-refractivity contribution in [3.05, 3.63) is 22.2 Å². The molecule has 0 amide bonds. The Morgan fingerprint density at radius 1 is 1.71 bits per heavy atom. The fraction of sp³-hybridized carbons (Fsp3) is 0.500. The Balaban J connectivity index is 2.33. The van der Waals surface area contributed by atoms with Crippen molar-refractivity contribution in [2.24, 2.45) is 0 Å². The number of aldehydes is 1.